The fourth-order valence-electron chi connectivity index (χ4n) is 3.62. The summed E-state index contributed by atoms with van der Waals surface area (Å²) in [7, 11) is 0. The molecule has 1 aliphatic rings. The third kappa shape index (κ3) is 4.42. The Bertz CT molecular complexity index is 670. The highest BCUT2D eigenvalue weighted by atomic mass is 19.1. The number of rotatable bonds is 4. The minimum atomic E-state index is -0.283. The van der Waals surface area contributed by atoms with E-state index in [-0.39, 0.29) is 35.5 Å². The lowest BCUT2D eigenvalue weighted by molar-refractivity contribution is -0.119. The van der Waals surface area contributed by atoms with Crippen LogP contribution in [0.25, 0.3) is 0 Å². The van der Waals surface area contributed by atoms with Gasteiger partial charge in [0, 0.05) is 24.9 Å². The number of hydrogen-bond acceptors (Lipinski definition) is 2. The summed E-state index contributed by atoms with van der Waals surface area (Å²) in [6.07, 6.45) is 1.63. The van der Waals surface area contributed by atoms with Crippen LogP contribution >= 0.6 is 0 Å². The van der Waals surface area contributed by atoms with Crippen molar-refractivity contribution in [3.63, 3.8) is 0 Å². The zero-order valence-corrected chi connectivity index (χ0v) is 14.1. The van der Waals surface area contributed by atoms with Gasteiger partial charge in [0.25, 0.3) is 0 Å². The largest absolute Gasteiger partial charge is 0.354 e. The van der Waals surface area contributed by atoms with Crippen molar-refractivity contribution in [3.8, 4) is 0 Å². The van der Waals surface area contributed by atoms with Crippen molar-refractivity contribution in [1.29, 1.82) is 0 Å². The maximum absolute atomic E-state index is 13.3. The smallest absolute Gasteiger partial charge is 0.217 e. The molecule has 0 radical (unpaired) electrons. The summed E-state index contributed by atoms with van der Waals surface area (Å²) in [5.74, 6) is -0.646. The molecule has 2 atom stereocenters. The molecule has 5 heteroatoms. The molecule has 1 amide bonds. The van der Waals surface area contributed by atoms with E-state index in [1.807, 2.05) is 0 Å². The van der Waals surface area contributed by atoms with E-state index in [0.29, 0.717) is 0 Å². The standard InChI is InChI=1S/C20H22F2N2O/c1-13(25)24-18-10-11-23-19(12-18)20(14-2-6-16(21)7-3-14)15-4-8-17(22)9-5-15/h2-9,18-20,23H,10-12H2,1H3,(H,24,25). The molecule has 0 bridgehead atoms. The van der Waals surface area contributed by atoms with Crippen molar-refractivity contribution in [2.75, 3.05) is 6.54 Å². The number of piperidine rings is 1. The molecule has 1 fully saturated rings. The van der Waals surface area contributed by atoms with Crippen molar-refractivity contribution < 1.29 is 13.6 Å². The first-order chi connectivity index (χ1) is 12.0. The quantitative estimate of drug-likeness (QED) is 0.893. The van der Waals surface area contributed by atoms with Gasteiger partial charge in [-0.1, -0.05) is 24.3 Å². The number of carbonyl (C=O) groups is 1. The summed E-state index contributed by atoms with van der Waals surface area (Å²) < 4.78 is 26.7. The van der Waals surface area contributed by atoms with Crippen LogP contribution in [0.4, 0.5) is 8.78 Å². The Balaban J connectivity index is 1.91. The maximum Gasteiger partial charge on any atom is 0.217 e. The van der Waals surface area contributed by atoms with Crippen LogP contribution < -0.4 is 10.6 Å². The number of benzene rings is 2. The third-order valence-corrected chi connectivity index (χ3v) is 4.71. The molecule has 3 nitrogen and oxygen atoms in total. The van der Waals surface area contributed by atoms with E-state index in [0.717, 1.165) is 30.5 Å². The molecule has 2 aromatic carbocycles. The van der Waals surface area contributed by atoms with Crippen LogP contribution in [0.5, 0.6) is 0 Å². The van der Waals surface area contributed by atoms with Crippen LogP contribution in [0.2, 0.25) is 0 Å². The van der Waals surface area contributed by atoms with Crippen molar-refractivity contribution in [1.82, 2.24) is 10.6 Å². The molecular formula is C20H22F2N2O. The van der Waals surface area contributed by atoms with E-state index < -0.39 is 0 Å². The summed E-state index contributed by atoms with van der Waals surface area (Å²) in [6, 6.07) is 13.0. The summed E-state index contributed by atoms with van der Waals surface area (Å²) in [5, 5.41) is 6.50. The predicted octanol–water partition coefficient (Wildman–Crippen LogP) is 3.35. The molecule has 25 heavy (non-hydrogen) atoms. The zero-order chi connectivity index (χ0) is 17.8. The second-order valence-corrected chi connectivity index (χ2v) is 6.56. The molecule has 0 aliphatic carbocycles. The number of carbonyl (C=O) groups excluding carboxylic acids is 1. The Morgan fingerprint density at radius 3 is 2.04 bits per heavy atom. The van der Waals surface area contributed by atoms with Crippen molar-refractivity contribution >= 4 is 5.91 Å². The van der Waals surface area contributed by atoms with Crippen LogP contribution in [-0.2, 0) is 4.79 Å². The number of nitrogens with one attached hydrogen (secondary N) is 2. The summed E-state index contributed by atoms with van der Waals surface area (Å²) in [4.78, 5) is 11.4. The molecule has 1 heterocycles. The summed E-state index contributed by atoms with van der Waals surface area (Å²) >= 11 is 0. The van der Waals surface area contributed by atoms with Gasteiger partial charge in [0.15, 0.2) is 0 Å². The third-order valence-electron chi connectivity index (χ3n) is 4.71. The lowest BCUT2D eigenvalue weighted by Gasteiger charge is -2.36. The second-order valence-electron chi connectivity index (χ2n) is 6.56. The van der Waals surface area contributed by atoms with Gasteiger partial charge in [0.05, 0.1) is 0 Å². The SMILES string of the molecule is CC(=O)NC1CCNC(C(c2ccc(F)cc2)c2ccc(F)cc2)C1. The molecule has 1 saturated heterocycles. The topological polar surface area (TPSA) is 41.1 Å². The van der Waals surface area contributed by atoms with Crippen LogP contribution in [0.1, 0.15) is 36.8 Å². The predicted molar refractivity (Wildman–Crippen MR) is 93.3 cm³/mol. The van der Waals surface area contributed by atoms with Gasteiger partial charge < -0.3 is 10.6 Å². The van der Waals surface area contributed by atoms with Gasteiger partial charge in [0.2, 0.25) is 5.91 Å². The molecule has 0 aromatic heterocycles. The fraction of sp³-hybridized carbons (Fsp3) is 0.350. The fourth-order valence-corrected chi connectivity index (χ4v) is 3.62. The van der Waals surface area contributed by atoms with Crippen molar-refractivity contribution in [3.05, 3.63) is 71.3 Å². The van der Waals surface area contributed by atoms with Gasteiger partial charge in [-0.25, -0.2) is 8.78 Å². The van der Waals surface area contributed by atoms with Gasteiger partial charge >= 0.3 is 0 Å². The Kier molecular flexibility index (Phi) is 5.43. The van der Waals surface area contributed by atoms with Gasteiger partial charge in [-0.3, -0.25) is 4.79 Å². The molecule has 2 N–H and O–H groups in total. The molecule has 132 valence electrons. The Morgan fingerprint density at radius 2 is 1.56 bits per heavy atom. The first kappa shape index (κ1) is 17.5. The molecule has 1 aliphatic heterocycles. The highest BCUT2D eigenvalue weighted by Gasteiger charge is 2.30. The van der Waals surface area contributed by atoms with Crippen LogP contribution in [-0.4, -0.2) is 24.5 Å². The number of hydrogen-bond donors (Lipinski definition) is 2. The van der Waals surface area contributed by atoms with Gasteiger partial charge in [-0.15, -0.1) is 0 Å². The normalized spacial score (nSPS) is 20.5. The van der Waals surface area contributed by atoms with E-state index in [1.165, 1.54) is 31.2 Å². The van der Waals surface area contributed by atoms with E-state index in [9.17, 15) is 13.6 Å². The minimum Gasteiger partial charge on any atom is -0.354 e. The van der Waals surface area contributed by atoms with E-state index in [2.05, 4.69) is 10.6 Å². The average molecular weight is 344 g/mol. The van der Waals surface area contributed by atoms with Gasteiger partial charge in [0.1, 0.15) is 11.6 Å². The monoisotopic (exact) mass is 344 g/mol. The first-order valence-corrected chi connectivity index (χ1v) is 8.54. The molecule has 0 spiro atoms. The lowest BCUT2D eigenvalue weighted by atomic mass is 9.80. The number of halogens is 2. The highest BCUT2D eigenvalue weighted by molar-refractivity contribution is 5.73. The van der Waals surface area contributed by atoms with E-state index >= 15 is 0 Å². The highest BCUT2D eigenvalue weighted by Crippen LogP contribution is 2.32. The van der Waals surface area contributed by atoms with Gasteiger partial charge in [-0.2, -0.15) is 0 Å². The molecule has 2 aromatic rings. The van der Waals surface area contributed by atoms with E-state index in [1.54, 1.807) is 24.3 Å². The molecule has 0 saturated carbocycles. The van der Waals surface area contributed by atoms with Crippen LogP contribution in [0.15, 0.2) is 48.5 Å². The number of amides is 1. The molecular weight excluding hydrogens is 322 g/mol. The zero-order valence-electron chi connectivity index (χ0n) is 14.1. The van der Waals surface area contributed by atoms with Gasteiger partial charge in [-0.05, 0) is 54.8 Å². The Morgan fingerprint density at radius 1 is 1.04 bits per heavy atom. The minimum absolute atomic E-state index is 0.0363. The maximum atomic E-state index is 13.3. The lowest BCUT2D eigenvalue weighted by Crippen LogP contribution is -2.49. The van der Waals surface area contributed by atoms with E-state index in [4.69, 9.17) is 0 Å². The van der Waals surface area contributed by atoms with Crippen molar-refractivity contribution in [2.45, 2.75) is 37.8 Å². The molecule has 3 rings (SSSR count). The Labute approximate surface area is 146 Å². The van der Waals surface area contributed by atoms with Crippen LogP contribution in [0, 0.1) is 11.6 Å². The van der Waals surface area contributed by atoms with Crippen molar-refractivity contribution in [2.24, 2.45) is 0 Å². The summed E-state index contributed by atoms with van der Waals surface area (Å²) in [5.41, 5.74) is 1.93. The average Bonchev–Trinajstić information content (AvgIpc) is 2.58. The summed E-state index contributed by atoms with van der Waals surface area (Å²) in [6.45, 7) is 2.31. The second kappa shape index (κ2) is 7.74. The Hall–Kier alpha value is -2.27. The first-order valence-electron chi connectivity index (χ1n) is 8.54. The molecule has 2 unspecified atom stereocenters. The van der Waals surface area contributed by atoms with Crippen LogP contribution in [0.3, 0.4) is 0 Å².